The lowest BCUT2D eigenvalue weighted by Gasteiger charge is -2.41. The number of aryl methyl sites for hydroxylation is 1. The van der Waals surface area contributed by atoms with Crippen LogP contribution < -0.4 is 9.64 Å². The lowest BCUT2D eigenvalue weighted by atomic mass is 9.70. The van der Waals surface area contributed by atoms with Crippen molar-refractivity contribution < 1.29 is 24.2 Å². The van der Waals surface area contributed by atoms with Crippen LogP contribution >= 0.6 is 11.6 Å². The summed E-state index contributed by atoms with van der Waals surface area (Å²) < 4.78 is 11.6. The minimum Gasteiger partial charge on any atom is -0.490 e. The molecular weight excluding hydrogens is 540 g/mol. The molecule has 0 saturated heterocycles. The normalized spacial score (nSPS) is 27.6. The molecule has 2 aliphatic heterocycles. The Balaban J connectivity index is 1.42. The maximum Gasteiger partial charge on any atom is 0.343 e. The van der Waals surface area contributed by atoms with E-state index in [1.54, 1.807) is 11.0 Å². The molecular formula is C33H39ClN2O5. The van der Waals surface area contributed by atoms with Gasteiger partial charge in [0.05, 0.1) is 25.8 Å². The number of methoxy groups -OCH3 is 1. The summed E-state index contributed by atoms with van der Waals surface area (Å²) in [6.07, 6.45) is 11.7. The number of aliphatic hydroxyl groups is 1. The van der Waals surface area contributed by atoms with E-state index in [4.69, 9.17) is 21.1 Å². The zero-order chi connectivity index (χ0) is 28.6. The molecule has 2 atom stereocenters. The third-order valence-corrected chi connectivity index (χ3v) is 9.51. The summed E-state index contributed by atoms with van der Waals surface area (Å²) in [6.45, 7) is 2.57. The van der Waals surface area contributed by atoms with E-state index in [0.717, 1.165) is 75.2 Å². The van der Waals surface area contributed by atoms with Crippen molar-refractivity contribution in [3.8, 4) is 5.75 Å². The van der Waals surface area contributed by atoms with Crippen LogP contribution in [-0.4, -0.2) is 61.3 Å². The molecule has 1 N–H and O–H groups in total. The van der Waals surface area contributed by atoms with E-state index in [1.807, 2.05) is 24.3 Å². The van der Waals surface area contributed by atoms with Crippen LogP contribution in [0.2, 0.25) is 5.02 Å². The van der Waals surface area contributed by atoms with Crippen LogP contribution in [-0.2, 0) is 31.8 Å². The van der Waals surface area contributed by atoms with Crippen molar-refractivity contribution in [2.24, 2.45) is 0 Å². The highest BCUT2D eigenvalue weighted by molar-refractivity contribution is 6.30. The van der Waals surface area contributed by atoms with E-state index < -0.39 is 11.6 Å². The molecule has 1 saturated carbocycles. The molecule has 6 rings (SSSR count). The SMILES string of the molecule is COC(=O)[C@@]1(O)CC(=O)N(C2CC2)C/C=C/CCCCN2C[C@@]3(CCCc4cc(Cl)ccc43)COc3ccc1cc32. The van der Waals surface area contributed by atoms with Crippen LogP contribution in [0.25, 0.3) is 0 Å². The van der Waals surface area contributed by atoms with Gasteiger partial charge in [-0.2, -0.15) is 0 Å². The zero-order valence-electron chi connectivity index (χ0n) is 23.7. The van der Waals surface area contributed by atoms with Gasteiger partial charge in [0.25, 0.3) is 0 Å². The second kappa shape index (κ2) is 11.3. The number of nitrogens with zero attached hydrogens (tertiary/aromatic N) is 2. The molecule has 2 aromatic carbocycles. The summed E-state index contributed by atoms with van der Waals surface area (Å²) in [5.41, 5.74) is 1.43. The summed E-state index contributed by atoms with van der Waals surface area (Å²) in [5.74, 6) is -0.370. The van der Waals surface area contributed by atoms with Crippen molar-refractivity contribution >= 4 is 29.2 Å². The van der Waals surface area contributed by atoms with E-state index in [9.17, 15) is 14.7 Å². The Bertz CT molecular complexity index is 1360. The van der Waals surface area contributed by atoms with Gasteiger partial charge in [0, 0.05) is 36.1 Å². The molecule has 1 spiro atoms. The number of anilines is 1. The Morgan fingerprint density at radius 1 is 1.12 bits per heavy atom. The Morgan fingerprint density at radius 2 is 1.98 bits per heavy atom. The Kier molecular flexibility index (Phi) is 7.77. The number of hydrogen-bond acceptors (Lipinski definition) is 6. The number of rotatable bonds is 2. The fourth-order valence-electron chi connectivity index (χ4n) is 6.90. The minimum atomic E-state index is -2.11. The third-order valence-electron chi connectivity index (χ3n) is 9.27. The number of carbonyl (C=O) groups excluding carboxylic acids is 2. The first-order chi connectivity index (χ1) is 19.8. The second-order valence-corrected chi connectivity index (χ2v) is 12.5. The number of ether oxygens (including phenoxy) is 2. The van der Waals surface area contributed by atoms with Gasteiger partial charge in [-0.25, -0.2) is 4.79 Å². The van der Waals surface area contributed by atoms with Gasteiger partial charge in [-0.05, 0) is 92.3 Å². The number of hydrogen-bond donors (Lipinski definition) is 1. The first-order valence-corrected chi connectivity index (χ1v) is 15.3. The standard InChI is InChI=1S/C33H39ClN2O5/c1-40-31(38)33(39)20-30(37)36(26-11-12-26)17-6-4-2-3-5-16-35-21-32(22-41-29-14-9-24(33)19-28(29)35)15-7-8-23-18-25(34)10-13-27(23)32/h4,6,9-10,13-14,18-19,26,39H,2-3,5,7-8,11-12,15-17,20-22H2,1H3/b6-4+/t32-,33+/m0/s1. The Morgan fingerprint density at radius 3 is 2.78 bits per heavy atom. The summed E-state index contributed by atoms with van der Waals surface area (Å²) in [6, 6.07) is 11.7. The average molecular weight is 579 g/mol. The molecule has 7 nitrogen and oxygen atoms in total. The summed E-state index contributed by atoms with van der Waals surface area (Å²) in [4.78, 5) is 30.8. The largest absolute Gasteiger partial charge is 0.490 e. The lowest BCUT2D eigenvalue weighted by Crippen LogP contribution is -2.46. The Hall–Kier alpha value is -3.03. The van der Waals surface area contributed by atoms with E-state index >= 15 is 0 Å². The van der Waals surface area contributed by atoms with Gasteiger partial charge in [0.1, 0.15) is 5.75 Å². The van der Waals surface area contributed by atoms with E-state index in [1.165, 1.54) is 18.2 Å². The molecule has 0 radical (unpaired) electrons. The fraction of sp³-hybridized carbons (Fsp3) is 0.515. The number of benzene rings is 2. The Labute approximate surface area is 247 Å². The number of allylic oxidation sites excluding steroid dienone is 1. The van der Waals surface area contributed by atoms with Crippen molar-refractivity contribution in [1.82, 2.24) is 4.90 Å². The molecule has 4 aliphatic rings. The first-order valence-electron chi connectivity index (χ1n) is 14.9. The highest BCUT2D eigenvalue weighted by Gasteiger charge is 2.46. The molecule has 41 heavy (non-hydrogen) atoms. The summed E-state index contributed by atoms with van der Waals surface area (Å²) in [5, 5.41) is 12.6. The van der Waals surface area contributed by atoms with Crippen LogP contribution in [0.3, 0.4) is 0 Å². The van der Waals surface area contributed by atoms with E-state index in [0.29, 0.717) is 24.5 Å². The first kappa shape index (κ1) is 28.1. The summed E-state index contributed by atoms with van der Waals surface area (Å²) >= 11 is 6.38. The van der Waals surface area contributed by atoms with Gasteiger partial charge in [0.2, 0.25) is 5.91 Å². The second-order valence-electron chi connectivity index (χ2n) is 12.1. The van der Waals surface area contributed by atoms with E-state index in [2.05, 4.69) is 23.1 Å². The fourth-order valence-corrected chi connectivity index (χ4v) is 7.10. The minimum absolute atomic E-state index is 0.158. The van der Waals surface area contributed by atoms with Crippen LogP contribution in [0.4, 0.5) is 5.69 Å². The maximum atomic E-state index is 13.5. The predicted octanol–water partition coefficient (Wildman–Crippen LogP) is 5.29. The molecule has 0 unspecified atom stereocenters. The van der Waals surface area contributed by atoms with Gasteiger partial charge >= 0.3 is 5.97 Å². The number of carbonyl (C=O) groups is 2. The van der Waals surface area contributed by atoms with Gasteiger partial charge < -0.3 is 24.4 Å². The van der Waals surface area contributed by atoms with Crippen molar-refractivity contribution in [2.45, 2.75) is 74.8 Å². The van der Waals surface area contributed by atoms with Crippen LogP contribution in [0, 0.1) is 0 Å². The molecule has 218 valence electrons. The average Bonchev–Trinajstić information content (AvgIpc) is 3.82. The topological polar surface area (TPSA) is 79.3 Å². The molecule has 2 heterocycles. The van der Waals surface area contributed by atoms with Gasteiger partial charge in [0.15, 0.2) is 5.60 Å². The van der Waals surface area contributed by atoms with Crippen molar-refractivity contribution in [2.75, 3.05) is 38.3 Å². The number of amides is 1. The third kappa shape index (κ3) is 5.46. The van der Waals surface area contributed by atoms with E-state index in [-0.39, 0.29) is 23.8 Å². The molecule has 2 aliphatic carbocycles. The van der Waals surface area contributed by atoms with Crippen molar-refractivity contribution in [3.05, 3.63) is 70.3 Å². The smallest absolute Gasteiger partial charge is 0.343 e. The molecule has 1 fully saturated rings. The van der Waals surface area contributed by atoms with Crippen molar-refractivity contribution in [3.63, 3.8) is 0 Å². The molecule has 8 heteroatoms. The van der Waals surface area contributed by atoms with Crippen LogP contribution in [0.5, 0.6) is 5.75 Å². The zero-order valence-corrected chi connectivity index (χ0v) is 24.5. The number of fused-ring (bicyclic) bond motifs is 3. The molecule has 1 amide bonds. The van der Waals surface area contributed by atoms with Crippen LogP contribution in [0.15, 0.2) is 48.6 Å². The highest BCUT2D eigenvalue weighted by Crippen LogP contribution is 2.46. The lowest BCUT2D eigenvalue weighted by molar-refractivity contribution is -0.168. The monoisotopic (exact) mass is 578 g/mol. The van der Waals surface area contributed by atoms with Gasteiger partial charge in [-0.15, -0.1) is 0 Å². The number of halogens is 1. The molecule has 0 aromatic heterocycles. The molecule has 2 aromatic rings. The predicted molar refractivity (Wildman–Crippen MR) is 158 cm³/mol. The maximum absolute atomic E-state index is 13.5. The quantitative estimate of drug-likeness (QED) is 0.385. The van der Waals surface area contributed by atoms with Gasteiger partial charge in [-0.1, -0.05) is 35.9 Å². The van der Waals surface area contributed by atoms with Gasteiger partial charge in [-0.3, -0.25) is 4.79 Å². The van der Waals surface area contributed by atoms with Crippen molar-refractivity contribution in [1.29, 1.82) is 0 Å². The summed E-state index contributed by atoms with van der Waals surface area (Å²) in [7, 11) is 1.25. The number of esters is 1. The molecule has 2 bridgehead atoms. The highest BCUT2D eigenvalue weighted by atomic mass is 35.5. The van der Waals surface area contributed by atoms with Crippen LogP contribution in [0.1, 0.15) is 68.1 Å².